The Kier molecular flexibility index (Phi) is 4.85. The van der Waals surface area contributed by atoms with E-state index in [0.29, 0.717) is 25.2 Å². The third-order valence-electron chi connectivity index (χ3n) is 3.93. The first-order valence-corrected chi connectivity index (χ1v) is 8.68. The number of hydrogen-bond acceptors (Lipinski definition) is 4. The van der Waals surface area contributed by atoms with Crippen molar-refractivity contribution < 1.29 is 14.4 Å². The molecule has 0 radical (unpaired) electrons. The predicted octanol–water partition coefficient (Wildman–Crippen LogP) is 1.92. The minimum atomic E-state index is -0.199. The van der Waals surface area contributed by atoms with Crippen LogP contribution in [-0.2, 0) is 16.1 Å². The standard InChI is InChI=1S/C16H19N3O3S/c20-14(11-19-7-8-23-16(19)22)17-13-4-1-3-12(9-13)10-18-6-2-5-15(18)21/h1,3-4,9H,2,5-8,10-11H2,(H,17,20). The van der Waals surface area contributed by atoms with Crippen molar-refractivity contribution in [2.45, 2.75) is 19.4 Å². The van der Waals surface area contributed by atoms with E-state index in [-0.39, 0.29) is 23.6 Å². The van der Waals surface area contributed by atoms with E-state index in [2.05, 4.69) is 5.32 Å². The molecule has 122 valence electrons. The second kappa shape index (κ2) is 7.04. The number of hydrogen-bond donors (Lipinski definition) is 1. The number of likely N-dealkylation sites (tertiary alicyclic amines) is 1. The number of rotatable bonds is 5. The van der Waals surface area contributed by atoms with Crippen LogP contribution in [0.15, 0.2) is 24.3 Å². The Labute approximate surface area is 139 Å². The molecule has 1 aromatic rings. The Balaban J connectivity index is 1.57. The number of nitrogens with one attached hydrogen (secondary N) is 1. The third-order valence-corrected chi connectivity index (χ3v) is 4.83. The molecular formula is C16H19N3O3S. The van der Waals surface area contributed by atoms with Gasteiger partial charge in [-0.3, -0.25) is 14.4 Å². The van der Waals surface area contributed by atoms with Gasteiger partial charge < -0.3 is 15.1 Å². The van der Waals surface area contributed by atoms with Gasteiger partial charge >= 0.3 is 0 Å². The van der Waals surface area contributed by atoms with E-state index in [1.807, 2.05) is 29.2 Å². The Morgan fingerprint density at radius 2 is 2.09 bits per heavy atom. The predicted molar refractivity (Wildman–Crippen MR) is 89.1 cm³/mol. The van der Waals surface area contributed by atoms with E-state index in [9.17, 15) is 14.4 Å². The van der Waals surface area contributed by atoms with Crippen molar-refractivity contribution in [3.8, 4) is 0 Å². The number of amides is 3. The van der Waals surface area contributed by atoms with E-state index >= 15 is 0 Å². The molecule has 0 aliphatic carbocycles. The summed E-state index contributed by atoms with van der Waals surface area (Å²) in [5.41, 5.74) is 1.68. The van der Waals surface area contributed by atoms with Crippen LogP contribution in [-0.4, -0.2) is 52.2 Å². The fourth-order valence-electron chi connectivity index (χ4n) is 2.78. The van der Waals surface area contributed by atoms with Gasteiger partial charge in [0.25, 0.3) is 5.24 Å². The maximum Gasteiger partial charge on any atom is 0.282 e. The zero-order valence-corrected chi connectivity index (χ0v) is 13.6. The van der Waals surface area contributed by atoms with Crippen molar-refractivity contribution in [1.29, 1.82) is 0 Å². The maximum atomic E-state index is 12.0. The summed E-state index contributed by atoms with van der Waals surface area (Å²) in [5, 5.41) is 2.78. The molecule has 0 atom stereocenters. The summed E-state index contributed by atoms with van der Waals surface area (Å²) in [5.74, 6) is 0.727. The maximum absolute atomic E-state index is 12.0. The summed E-state index contributed by atoms with van der Waals surface area (Å²) >= 11 is 1.24. The second-order valence-electron chi connectivity index (χ2n) is 5.70. The molecule has 0 aromatic heterocycles. The monoisotopic (exact) mass is 333 g/mol. The van der Waals surface area contributed by atoms with Gasteiger partial charge in [0, 0.05) is 37.5 Å². The smallest absolute Gasteiger partial charge is 0.282 e. The van der Waals surface area contributed by atoms with Crippen LogP contribution in [0.2, 0.25) is 0 Å². The largest absolute Gasteiger partial charge is 0.338 e. The molecule has 3 rings (SSSR count). The lowest BCUT2D eigenvalue weighted by Gasteiger charge is -2.17. The molecule has 6 nitrogen and oxygen atoms in total. The molecule has 3 amide bonds. The van der Waals surface area contributed by atoms with E-state index in [0.717, 1.165) is 24.3 Å². The molecule has 1 N–H and O–H groups in total. The zero-order valence-electron chi connectivity index (χ0n) is 12.8. The molecule has 0 unspecified atom stereocenters. The topological polar surface area (TPSA) is 69.7 Å². The Bertz CT molecular complexity index is 635. The number of thioether (sulfide) groups is 1. The molecule has 0 bridgehead atoms. The molecule has 2 heterocycles. The summed E-state index contributed by atoms with van der Waals surface area (Å²) in [6.07, 6.45) is 1.54. The Morgan fingerprint density at radius 1 is 1.22 bits per heavy atom. The van der Waals surface area contributed by atoms with Gasteiger partial charge in [0.05, 0.1) is 0 Å². The van der Waals surface area contributed by atoms with Crippen molar-refractivity contribution in [3.63, 3.8) is 0 Å². The molecule has 2 fully saturated rings. The number of nitrogens with zero attached hydrogens (tertiary/aromatic N) is 2. The fraction of sp³-hybridized carbons (Fsp3) is 0.438. The molecular weight excluding hydrogens is 314 g/mol. The van der Waals surface area contributed by atoms with Crippen LogP contribution in [0.5, 0.6) is 0 Å². The van der Waals surface area contributed by atoms with Gasteiger partial charge in [0.2, 0.25) is 11.8 Å². The van der Waals surface area contributed by atoms with Gasteiger partial charge in [-0.15, -0.1) is 0 Å². The molecule has 7 heteroatoms. The summed E-state index contributed by atoms with van der Waals surface area (Å²) in [6, 6.07) is 7.50. The summed E-state index contributed by atoms with van der Waals surface area (Å²) in [4.78, 5) is 38.6. The lowest BCUT2D eigenvalue weighted by molar-refractivity contribution is -0.128. The van der Waals surface area contributed by atoms with Gasteiger partial charge in [-0.1, -0.05) is 23.9 Å². The van der Waals surface area contributed by atoms with Crippen LogP contribution in [0.1, 0.15) is 18.4 Å². The van der Waals surface area contributed by atoms with Crippen molar-refractivity contribution in [1.82, 2.24) is 9.80 Å². The van der Waals surface area contributed by atoms with E-state index in [1.54, 1.807) is 4.90 Å². The first-order chi connectivity index (χ1) is 11.1. The van der Waals surface area contributed by atoms with Crippen LogP contribution in [0.3, 0.4) is 0 Å². The van der Waals surface area contributed by atoms with Crippen LogP contribution < -0.4 is 5.32 Å². The molecule has 0 saturated carbocycles. The second-order valence-corrected chi connectivity index (χ2v) is 6.75. The summed E-state index contributed by atoms with van der Waals surface area (Å²) in [7, 11) is 0. The molecule has 23 heavy (non-hydrogen) atoms. The van der Waals surface area contributed by atoms with Crippen LogP contribution in [0, 0.1) is 0 Å². The highest BCUT2D eigenvalue weighted by molar-refractivity contribution is 8.13. The first-order valence-electron chi connectivity index (χ1n) is 7.70. The van der Waals surface area contributed by atoms with Gasteiger partial charge in [0.1, 0.15) is 6.54 Å². The van der Waals surface area contributed by atoms with Gasteiger partial charge in [-0.2, -0.15) is 0 Å². The van der Waals surface area contributed by atoms with Crippen LogP contribution in [0.25, 0.3) is 0 Å². The Hall–Kier alpha value is -2.02. The summed E-state index contributed by atoms with van der Waals surface area (Å²) < 4.78 is 0. The van der Waals surface area contributed by atoms with Crippen molar-refractivity contribution >= 4 is 34.5 Å². The van der Waals surface area contributed by atoms with Crippen molar-refractivity contribution in [3.05, 3.63) is 29.8 Å². The molecule has 2 aliphatic rings. The highest BCUT2D eigenvalue weighted by Gasteiger charge is 2.23. The van der Waals surface area contributed by atoms with Crippen molar-refractivity contribution in [2.24, 2.45) is 0 Å². The third kappa shape index (κ3) is 4.04. The number of benzene rings is 1. The molecule has 1 aromatic carbocycles. The number of carbonyl (C=O) groups excluding carboxylic acids is 3. The normalized spacial score (nSPS) is 17.9. The fourth-order valence-corrected chi connectivity index (χ4v) is 3.61. The average molecular weight is 333 g/mol. The minimum Gasteiger partial charge on any atom is -0.338 e. The zero-order chi connectivity index (χ0) is 16.2. The molecule has 2 aliphatic heterocycles. The van der Waals surface area contributed by atoms with E-state index < -0.39 is 0 Å². The average Bonchev–Trinajstić information content (AvgIpc) is 3.09. The van der Waals surface area contributed by atoms with Crippen LogP contribution in [0.4, 0.5) is 10.5 Å². The van der Waals surface area contributed by atoms with E-state index in [4.69, 9.17) is 0 Å². The van der Waals surface area contributed by atoms with Gasteiger partial charge in [0.15, 0.2) is 0 Å². The van der Waals surface area contributed by atoms with Crippen molar-refractivity contribution in [2.75, 3.05) is 30.7 Å². The van der Waals surface area contributed by atoms with E-state index in [1.165, 1.54) is 11.8 Å². The SMILES string of the molecule is O=C(CN1CCSC1=O)Nc1cccc(CN2CCCC2=O)c1. The lowest BCUT2D eigenvalue weighted by Crippen LogP contribution is -2.33. The lowest BCUT2D eigenvalue weighted by atomic mass is 10.2. The van der Waals surface area contributed by atoms with Gasteiger partial charge in [-0.05, 0) is 24.1 Å². The van der Waals surface area contributed by atoms with Crippen LogP contribution >= 0.6 is 11.8 Å². The van der Waals surface area contributed by atoms with Gasteiger partial charge in [-0.25, -0.2) is 0 Å². The number of carbonyl (C=O) groups is 3. The summed E-state index contributed by atoms with van der Waals surface area (Å²) in [6.45, 7) is 2.07. The molecule has 2 saturated heterocycles. The quantitative estimate of drug-likeness (QED) is 0.894. The first kappa shape index (κ1) is 15.9. The Morgan fingerprint density at radius 3 is 2.78 bits per heavy atom. The highest BCUT2D eigenvalue weighted by Crippen LogP contribution is 2.19. The minimum absolute atomic E-state index is 0.0403. The number of anilines is 1. The highest BCUT2D eigenvalue weighted by atomic mass is 32.2. The molecule has 0 spiro atoms.